The van der Waals surface area contributed by atoms with E-state index in [-0.39, 0.29) is 18.9 Å². The van der Waals surface area contributed by atoms with Crippen LogP contribution in [0.15, 0.2) is 0 Å². The molecule has 1 aliphatic heterocycles. The number of rotatable bonds is 1. The predicted molar refractivity (Wildman–Crippen MR) is 49.0 cm³/mol. The van der Waals surface area contributed by atoms with Crippen molar-refractivity contribution in [2.75, 3.05) is 0 Å². The number of hydrogen-bond donors (Lipinski definition) is 2. The quantitative estimate of drug-likeness (QED) is 0.653. The number of nitrogens with two attached hydrogens (primary N) is 1. The van der Waals surface area contributed by atoms with E-state index in [0.717, 1.165) is 5.69 Å². The van der Waals surface area contributed by atoms with Gasteiger partial charge in [0.1, 0.15) is 0 Å². The first-order valence-electron chi connectivity index (χ1n) is 4.33. The van der Waals surface area contributed by atoms with Gasteiger partial charge in [0.2, 0.25) is 0 Å². The van der Waals surface area contributed by atoms with Gasteiger partial charge in [-0.1, -0.05) is 0 Å². The smallest absolute Gasteiger partial charge is 0.408 e. The lowest BCUT2D eigenvalue weighted by atomic mass is 10.4. The first kappa shape index (κ1) is 9.50. The van der Waals surface area contributed by atoms with E-state index in [1.807, 2.05) is 0 Å². The number of carboxylic acid groups (broad SMARTS) is 1. The molecule has 2 heterocycles. The van der Waals surface area contributed by atoms with Gasteiger partial charge < -0.3 is 15.4 Å². The summed E-state index contributed by atoms with van der Waals surface area (Å²) in [4.78, 5) is 26.9. The number of carbonyl (C=O) groups excluding carboxylic acids is 1. The summed E-state index contributed by atoms with van der Waals surface area (Å²) in [6.07, 6.45) is -0.992. The summed E-state index contributed by atoms with van der Waals surface area (Å²) in [5.41, 5.74) is 6.45. The number of aromatic nitrogens is 2. The van der Waals surface area contributed by atoms with Crippen molar-refractivity contribution in [2.24, 2.45) is 12.8 Å². The summed E-state index contributed by atoms with van der Waals surface area (Å²) in [6, 6.07) is 0. The molecule has 0 bridgehead atoms. The van der Waals surface area contributed by atoms with Crippen molar-refractivity contribution in [3.63, 3.8) is 0 Å². The average molecular weight is 210 g/mol. The molecule has 80 valence electrons. The van der Waals surface area contributed by atoms with Crippen LogP contribution < -0.4 is 5.73 Å². The zero-order valence-electron chi connectivity index (χ0n) is 8.10. The van der Waals surface area contributed by atoms with Gasteiger partial charge in [0.25, 0.3) is 5.91 Å². The molecule has 2 rings (SSSR count). The van der Waals surface area contributed by atoms with Crippen LogP contribution in [-0.2, 0) is 20.1 Å². The lowest BCUT2D eigenvalue weighted by Gasteiger charge is -2.10. The van der Waals surface area contributed by atoms with Crippen LogP contribution in [0.2, 0.25) is 0 Å². The molecule has 1 aromatic rings. The second-order valence-corrected chi connectivity index (χ2v) is 3.39. The van der Waals surface area contributed by atoms with Crippen molar-refractivity contribution in [3.8, 4) is 0 Å². The summed E-state index contributed by atoms with van der Waals surface area (Å²) in [6.45, 7) is 0.466. The van der Waals surface area contributed by atoms with Crippen molar-refractivity contribution < 1.29 is 14.7 Å². The SMILES string of the molecule is Cn1c(C(N)=O)nc2c1CN(C(=O)O)C2. The monoisotopic (exact) mass is 210 g/mol. The Morgan fingerprint density at radius 2 is 2.13 bits per heavy atom. The average Bonchev–Trinajstić information content (AvgIpc) is 2.65. The third kappa shape index (κ3) is 1.32. The zero-order chi connectivity index (χ0) is 11.2. The molecule has 1 aromatic heterocycles. The van der Waals surface area contributed by atoms with Gasteiger partial charge in [-0.3, -0.25) is 9.69 Å². The fourth-order valence-corrected chi connectivity index (χ4v) is 1.69. The maximum atomic E-state index is 11.0. The summed E-state index contributed by atoms with van der Waals surface area (Å²) < 4.78 is 1.54. The van der Waals surface area contributed by atoms with Crippen LogP contribution in [0, 0.1) is 0 Å². The molecule has 7 heteroatoms. The Labute approximate surface area is 85.1 Å². The topological polar surface area (TPSA) is 101 Å². The molecule has 0 spiro atoms. The highest BCUT2D eigenvalue weighted by Gasteiger charge is 2.29. The Kier molecular flexibility index (Phi) is 1.88. The van der Waals surface area contributed by atoms with Crippen LogP contribution in [0.5, 0.6) is 0 Å². The fourth-order valence-electron chi connectivity index (χ4n) is 1.69. The maximum Gasteiger partial charge on any atom is 0.408 e. The van der Waals surface area contributed by atoms with Gasteiger partial charge in [-0.05, 0) is 0 Å². The molecule has 1 aliphatic rings. The number of nitrogens with zero attached hydrogens (tertiary/aromatic N) is 3. The Morgan fingerprint density at radius 1 is 1.47 bits per heavy atom. The first-order chi connectivity index (χ1) is 7.00. The molecule has 0 saturated heterocycles. The van der Waals surface area contributed by atoms with Crippen LogP contribution in [-0.4, -0.2) is 31.6 Å². The number of carbonyl (C=O) groups is 2. The summed E-state index contributed by atoms with van der Waals surface area (Å²) in [7, 11) is 1.65. The lowest BCUT2D eigenvalue weighted by Crippen LogP contribution is -2.25. The van der Waals surface area contributed by atoms with Gasteiger partial charge in [-0.25, -0.2) is 9.78 Å². The molecule has 0 saturated carbocycles. The third-order valence-corrected chi connectivity index (χ3v) is 2.47. The van der Waals surface area contributed by atoms with Crippen molar-refractivity contribution >= 4 is 12.0 Å². The highest BCUT2D eigenvalue weighted by atomic mass is 16.4. The lowest BCUT2D eigenvalue weighted by molar-refractivity contribution is 0.0986. The van der Waals surface area contributed by atoms with Gasteiger partial charge >= 0.3 is 6.09 Å². The second kappa shape index (κ2) is 2.97. The van der Waals surface area contributed by atoms with Gasteiger partial charge in [0.15, 0.2) is 5.82 Å². The number of amides is 2. The number of fused-ring (bicyclic) bond motifs is 1. The van der Waals surface area contributed by atoms with Crippen molar-refractivity contribution in [2.45, 2.75) is 13.1 Å². The van der Waals surface area contributed by atoms with Crippen molar-refractivity contribution in [1.82, 2.24) is 14.5 Å². The van der Waals surface area contributed by atoms with Gasteiger partial charge in [-0.15, -0.1) is 0 Å². The molecule has 7 nitrogen and oxygen atoms in total. The normalized spacial score (nSPS) is 14.1. The van der Waals surface area contributed by atoms with E-state index in [1.54, 1.807) is 11.6 Å². The Balaban J connectivity index is 2.36. The molecule has 0 fully saturated rings. The molecule has 0 unspecified atom stereocenters. The fraction of sp³-hybridized carbons (Fsp3) is 0.375. The standard InChI is InChI=1S/C8H10N4O3/c1-11-5-3-12(8(14)15)2-4(5)10-7(11)6(9)13/h2-3H2,1H3,(H2,9,13)(H,14,15). The summed E-state index contributed by atoms with van der Waals surface area (Å²) in [5.74, 6) is -0.432. The Bertz CT molecular complexity index is 451. The van der Waals surface area contributed by atoms with Crippen LogP contribution in [0.3, 0.4) is 0 Å². The Hall–Kier alpha value is -2.05. The molecule has 0 radical (unpaired) electrons. The highest BCUT2D eigenvalue weighted by Crippen LogP contribution is 2.22. The minimum atomic E-state index is -0.992. The minimum Gasteiger partial charge on any atom is -0.465 e. The van der Waals surface area contributed by atoms with E-state index < -0.39 is 12.0 Å². The summed E-state index contributed by atoms with van der Waals surface area (Å²) in [5, 5.41) is 8.77. The largest absolute Gasteiger partial charge is 0.465 e. The number of hydrogen-bond acceptors (Lipinski definition) is 3. The van der Waals surface area contributed by atoms with E-state index in [4.69, 9.17) is 10.8 Å². The van der Waals surface area contributed by atoms with Crippen LogP contribution in [0.25, 0.3) is 0 Å². The van der Waals surface area contributed by atoms with E-state index in [2.05, 4.69) is 4.98 Å². The van der Waals surface area contributed by atoms with Gasteiger partial charge in [0.05, 0.1) is 24.5 Å². The molecule has 0 aromatic carbocycles. The summed E-state index contributed by atoms with van der Waals surface area (Å²) >= 11 is 0. The predicted octanol–water partition coefficient (Wildman–Crippen LogP) is -0.487. The third-order valence-electron chi connectivity index (χ3n) is 2.47. The minimum absolute atomic E-state index is 0.171. The first-order valence-corrected chi connectivity index (χ1v) is 4.33. The molecule has 2 amide bonds. The van der Waals surface area contributed by atoms with Gasteiger partial charge in [-0.2, -0.15) is 0 Å². The van der Waals surface area contributed by atoms with Gasteiger partial charge in [0, 0.05) is 7.05 Å². The van der Waals surface area contributed by atoms with Crippen molar-refractivity contribution in [3.05, 3.63) is 17.2 Å². The van der Waals surface area contributed by atoms with Crippen LogP contribution >= 0.6 is 0 Å². The van der Waals surface area contributed by atoms with Crippen molar-refractivity contribution in [1.29, 1.82) is 0 Å². The Morgan fingerprint density at radius 3 is 2.60 bits per heavy atom. The molecular weight excluding hydrogens is 200 g/mol. The number of primary amides is 1. The van der Waals surface area contributed by atoms with Crippen LogP contribution in [0.1, 0.15) is 22.0 Å². The molecule has 0 aliphatic carbocycles. The zero-order valence-corrected chi connectivity index (χ0v) is 8.10. The van der Waals surface area contributed by atoms with E-state index in [9.17, 15) is 9.59 Å². The molecule has 0 atom stereocenters. The van der Waals surface area contributed by atoms with Crippen LogP contribution in [0.4, 0.5) is 4.79 Å². The second-order valence-electron chi connectivity index (χ2n) is 3.39. The maximum absolute atomic E-state index is 11.0. The molecular formula is C8H10N4O3. The molecule has 3 N–H and O–H groups in total. The highest BCUT2D eigenvalue weighted by molar-refractivity contribution is 5.89. The van der Waals surface area contributed by atoms with E-state index in [1.165, 1.54) is 4.90 Å². The number of imidazole rings is 1. The molecule has 15 heavy (non-hydrogen) atoms. The van der Waals surface area contributed by atoms with E-state index >= 15 is 0 Å². The van der Waals surface area contributed by atoms with E-state index in [0.29, 0.717) is 5.69 Å².